The van der Waals surface area contributed by atoms with E-state index >= 15 is 0 Å². The number of hydrogen-bond acceptors (Lipinski definition) is 2. The molecule has 2 nitrogen and oxygen atoms in total. The molecule has 0 saturated heterocycles. The van der Waals surface area contributed by atoms with E-state index in [-0.39, 0.29) is 0 Å². The molecule has 0 bridgehead atoms. The number of aryl methyl sites for hydroxylation is 1. The monoisotopic (exact) mass is 179 g/mol. The molecule has 0 aromatic heterocycles. The summed E-state index contributed by atoms with van der Waals surface area (Å²) in [4.78, 5) is 13.3. The number of alkyl halides is 1. The van der Waals surface area contributed by atoms with Crippen LogP contribution in [-0.4, -0.2) is 12.8 Å². The topological polar surface area (TPSA) is 29.4 Å². The van der Waals surface area contributed by atoms with Crippen molar-refractivity contribution < 1.29 is 9.18 Å². The van der Waals surface area contributed by atoms with E-state index in [2.05, 4.69) is 4.99 Å². The van der Waals surface area contributed by atoms with Crippen LogP contribution in [0.1, 0.15) is 17.2 Å². The first-order valence-electron chi connectivity index (χ1n) is 3.97. The van der Waals surface area contributed by atoms with Crippen LogP contribution in [-0.2, 0) is 4.79 Å². The van der Waals surface area contributed by atoms with E-state index < -0.39 is 12.7 Å². The highest BCUT2D eigenvalue weighted by molar-refractivity contribution is 5.36. The smallest absolute Gasteiger partial charge is 0.235 e. The molecule has 0 fully saturated rings. The fourth-order valence-electron chi connectivity index (χ4n) is 1.05. The lowest BCUT2D eigenvalue weighted by atomic mass is 10.1. The van der Waals surface area contributed by atoms with Gasteiger partial charge in [0.05, 0.1) is 0 Å². The standard InChI is InChI=1S/C10H10FNO/c1-8-2-4-9(5-3-8)10(6-11)12-7-13/h2-5,10H,6H2,1H3. The molecule has 0 saturated carbocycles. The van der Waals surface area contributed by atoms with Gasteiger partial charge in [0.1, 0.15) is 12.7 Å². The van der Waals surface area contributed by atoms with Gasteiger partial charge in [0, 0.05) is 0 Å². The predicted molar refractivity (Wildman–Crippen MR) is 48.0 cm³/mol. The van der Waals surface area contributed by atoms with Crippen molar-refractivity contribution in [3.05, 3.63) is 35.4 Å². The molecule has 1 unspecified atom stereocenters. The molecule has 0 N–H and O–H groups in total. The maximum atomic E-state index is 12.4. The lowest BCUT2D eigenvalue weighted by Crippen LogP contribution is -1.96. The minimum atomic E-state index is -0.696. The average Bonchev–Trinajstić information content (AvgIpc) is 2.16. The van der Waals surface area contributed by atoms with Crippen LogP contribution in [0.4, 0.5) is 4.39 Å². The molecule has 0 heterocycles. The molecule has 0 spiro atoms. The van der Waals surface area contributed by atoms with E-state index in [1.165, 1.54) is 6.08 Å². The van der Waals surface area contributed by atoms with E-state index in [1.807, 2.05) is 19.1 Å². The lowest BCUT2D eigenvalue weighted by molar-refractivity contribution is 0.436. The molecule has 0 aliphatic heterocycles. The summed E-state index contributed by atoms with van der Waals surface area (Å²) >= 11 is 0. The van der Waals surface area contributed by atoms with Gasteiger partial charge in [-0.2, -0.15) is 4.99 Å². The zero-order valence-electron chi connectivity index (χ0n) is 7.33. The minimum Gasteiger partial charge on any atom is -0.248 e. The van der Waals surface area contributed by atoms with Crippen LogP contribution >= 0.6 is 0 Å². The normalized spacial score (nSPS) is 11.8. The summed E-state index contributed by atoms with van der Waals surface area (Å²) in [7, 11) is 0. The highest BCUT2D eigenvalue weighted by atomic mass is 19.1. The number of carbonyl (C=O) groups excluding carboxylic acids is 1. The number of aliphatic imine (C=N–C) groups is 1. The zero-order chi connectivity index (χ0) is 9.68. The summed E-state index contributed by atoms with van der Waals surface area (Å²) in [6, 6.07) is 6.55. The molecule has 3 heteroatoms. The fourth-order valence-corrected chi connectivity index (χ4v) is 1.05. The molecule has 0 aliphatic carbocycles. The maximum Gasteiger partial charge on any atom is 0.235 e. The molecule has 1 rings (SSSR count). The number of benzene rings is 1. The third kappa shape index (κ3) is 2.49. The Morgan fingerprint density at radius 3 is 2.54 bits per heavy atom. The zero-order valence-corrected chi connectivity index (χ0v) is 7.33. The van der Waals surface area contributed by atoms with Crippen molar-refractivity contribution in [2.45, 2.75) is 13.0 Å². The molecule has 13 heavy (non-hydrogen) atoms. The van der Waals surface area contributed by atoms with Crippen LogP contribution in [0, 0.1) is 6.92 Å². The van der Waals surface area contributed by atoms with Crippen molar-refractivity contribution in [1.29, 1.82) is 0 Å². The third-order valence-corrected chi connectivity index (χ3v) is 1.82. The van der Waals surface area contributed by atoms with Crippen molar-refractivity contribution in [2.24, 2.45) is 4.99 Å². The van der Waals surface area contributed by atoms with Gasteiger partial charge in [-0.15, -0.1) is 0 Å². The lowest BCUT2D eigenvalue weighted by Gasteiger charge is -2.05. The van der Waals surface area contributed by atoms with Crippen molar-refractivity contribution in [2.75, 3.05) is 6.67 Å². The van der Waals surface area contributed by atoms with Crippen LogP contribution < -0.4 is 0 Å². The fraction of sp³-hybridized carbons (Fsp3) is 0.300. The Balaban J connectivity index is 2.91. The van der Waals surface area contributed by atoms with Gasteiger partial charge in [-0.05, 0) is 12.5 Å². The van der Waals surface area contributed by atoms with E-state index in [0.29, 0.717) is 5.56 Å². The molecule has 1 aromatic carbocycles. The third-order valence-electron chi connectivity index (χ3n) is 1.82. The molecule has 0 amide bonds. The summed E-state index contributed by atoms with van der Waals surface area (Å²) in [5.74, 6) is 0. The Bertz CT molecular complexity index is 314. The second-order valence-electron chi connectivity index (χ2n) is 2.80. The highest BCUT2D eigenvalue weighted by Gasteiger charge is 2.08. The van der Waals surface area contributed by atoms with Crippen LogP contribution in [0.3, 0.4) is 0 Å². The first kappa shape index (κ1) is 9.62. The Morgan fingerprint density at radius 1 is 1.46 bits per heavy atom. The van der Waals surface area contributed by atoms with Crippen molar-refractivity contribution in [1.82, 2.24) is 0 Å². The summed E-state index contributed by atoms with van der Waals surface area (Å²) < 4.78 is 12.4. The SMILES string of the molecule is Cc1ccc(C(CF)N=C=O)cc1. The first-order valence-corrected chi connectivity index (χ1v) is 3.97. The predicted octanol–water partition coefficient (Wildman–Crippen LogP) is 2.34. The Kier molecular flexibility index (Phi) is 3.35. The van der Waals surface area contributed by atoms with E-state index in [9.17, 15) is 9.18 Å². The van der Waals surface area contributed by atoms with E-state index in [0.717, 1.165) is 5.56 Å². The largest absolute Gasteiger partial charge is 0.248 e. The molecule has 0 radical (unpaired) electrons. The van der Waals surface area contributed by atoms with Gasteiger partial charge in [0.2, 0.25) is 6.08 Å². The highest BCUT2D eigenvalue weighted by Crippen LogP contribution is 2.17. The Hall–Kier alpha value is -1.47. The van der Waals surface area contributed by atoms with Gasteiger partial charge < -0.3 is 0 Å². The summed E-state index contributed by atoms with van der Waals surface area (Å²) in [6.45, 7) is 1.27. The summed E-state index contributed by atoms with van der Waals surface area (Å²) in [5, 5.41) is 0. The van der Waals surface area contributed by atoms with Gasteiger partial charge in [-0.3, -0.25) is 0 Å². The minimum absolute atomic E-state index is 0.668. The summed E-state index contributed by atoms with van der Waals surface area (Å²) in [5.41, 5.74) is 1.80. The first-order chi connectivity index (χ1) is 6.27. The van der Waals surface area contributed by atoms with Crippen LogP contribution in [0.5, 0.6) is 0 Å². The second-order valence-corrected chi connectivity index (χ2v) is 2.80. The van der Waals surface area contributed by atoms with E-state index in [1.54, 1.807) is 12.1 Å². The van der Waals surface area contributed by atoms with Crippen LogP contribution in [0.25, 0.3) is 0 Å². The summed E-state index contributed by atoms with van der Waals surface area (Å²) in [6.07, 6.45) is 1.37. The van der Waals surface area contributed by atoms with Crippen molar-refractivity contribution in [3.63, 3.8) is 0 Å². The number of rotatable bonds is 3. The molecule has 68 valence electrons. The Labute approximate surface area is 76.1 Å². The average molecular weight is 179 g/mol. The molecule has 0 aliphatic rings. The molecule has 1 aromatic rings. The van der Waals surface area contributed by atoms with Gasteiger partial charge in [0.15, 0.2) is 0 Å². The van der Waals surface area contributed by atoms with Gasteiger partial charge >= 0.3 is 0 Å². The van der Waals surface area contributed by atoms with Gasteiger partial charge in [-0.1, -0.05) is 29.8 Å². The van der Waals surface area contributed by atoms with Crippen molar-refractivity contribution in [3.8, 4) is 0 Å². The molecular weight excluding hydrogens is 169 g/mol. The Morgan fingerprint density at radius 2 is 2.08 bits per heavy atom. The molecule has 1 atom stereocenters. The number of hydrogen-bond donors (Lipinski definition) is 0. The maximum absolute atomic E-state index is 12.4. The van der Waals surface area contributed by atoms with Gasteiger partial charge in [0.25, 0.3) is 0 Å². The second kappa shape index (κ2) is 4.53. The number of isocyanates is 1. The van der Waals surface area contributed by atoms with Crippen LogP contribution in [0.2, 0.25) is 0 Å². The van der Waals surface area contributed by atoms with Gasteiger partial charge in [-0.25, -0.2) is 9.18 Å². The quantitative estimate of drug-likeness (QED) is 0.517. The number of nitrogens with zero attached hydrogens (tertiary/aromatic N) is 1. The van der Waals surface area contributed by atoms with Crippen LogP contribution in [0.15, 0.2) is 29.3 Å². The van der Waals surface area contributed by atoms with Crippen molar-refractivity contribution >= 4 is 6.08 Å². The number of halogens is 1. The molecular formula is C10H10FNO. The van der Waals surface area contributed by atoms with E-state index in [4.69, 9.17) is 0 Å².